The number of nitrogens with zero attached hydrogens (tertiary/aromatic N) is 2. The highest BCUT2D eigenvalue weighted by Crippen LogP contribution is 2.39. The minimum atomic E-state index is -0.304. The van der Waals surface area contributed by atoms with E-state index in [1.165, 1.54) is 16.9 Å². The third-order valence-corrected chi connectivity index (χ3v) is 5.46. The minimum Gasteiger partial charge on any atom is -0.490 e. The van der Waals surface area contributed by atoms with Crippen molar-refractivity contribution in [2.24, 2.45) is 0 Å². The number of amides is 1. The fourth-order valence-electron chi connectivity index (χ4n) is 3.18. The van der Waals surface area contributed by atoms with Crippen molar-refractivity contribution in [2.75, 3.05) is 25.1 Å². The Balaban J connectivity index is 1.67. The largest absolute Gasteiger partial charge is 0.490 e. The van der Waals surface area contributed by atoms with Crippen LogP contribution in [-0.4, -0.2) is 35.9 Å². The van der Waals surface area contributed by atoms with Crippen LogP contribution in [0.5, 0.6) is 17.2 Å². The summed E-state index contributed by atoms with van der Waals surface area (Å²) >= 11 is 1.39. The van der Waals surface area contributed by atoms with Gasteiger partial charge in [-0.15, -0.1) is 10.2 Å². The quantitative estimate of drug-likeness (QED) is 0.406. The fourth-order valence-corrected chi connectivity index (χ4v) is 3.96. The van der Waals surface area contributed by atoms with Gasteiger partial charge in [-0.05, 0) is 51.3 Å². The van der Waals surface area contributed by atoms with Crippen LogP contribution in [0.1, 0.15) is 48.1 Å². The summed E-state index contributed by atoms with van der Waals surface area (Å²) in [6.45, 7) is 6.99. The molecule has 170 valence electrons. The Labute approximate surface area is 192 Å². The minimum absolute atomic E-state index is 0.304. The van der Waals surface area contributed by atoms with E-state index in [1.807, 2.05) is 39.0 Å². The summed E-state index contributed by atoms with van der Waals surface area (Å²) in [6, 6.07) is 13.7. The van der Waals surface area contributed by atoms with E-state index in [9.17, 15) is 4.79 Å². The zero-order valence-corrected chi connectivity index (χ0v) is 19.5. The number of nitrogens with one attached hydrogen (secondary N) is 1. The monoisotopic (exact) mass is 455 g/mol. The first-order valence-corrected chi connectivity index (χ1v) is 11.7. The van der Waals surface area contributed by atoms with Gasteiger partial charge in [0.25, 0.3) is 5.91 Å². The van der Waals surface area contributed by atoms with Crippen LogP contribution in [0.2, 0.25) is 0 Å². The Hall–Kier alpha value is -3.13. The number of benzene rings is 2. The molecule has 0 aliphatic rings. The van der Waals surface area contributed by atoms with Gasteiger partial charge in [0.1, 0.15) is 5.01 Å². The summed E-state index contributed by atoms with van der Waals surface area (Å²) in [5, 5.41) is 12.5. The molecule has 1 heterocycles. The predicted molar refractivity (Wildman–Crippen MR) is 126 cm³/mol. The standard InChI is InChI=1S/C24H29N3O4S/c1-4-29-19-15-18(16-20(30-5-2)22(19)31-6-3)23(28)25-24-27-26-21(32-24)14-10-13-17-11-8-7-9-12-17/h7-9,11-12,15-16H,4-6,10,13-14H2,1-3H3,(H,25,27,28). The molecule has 0 unspecified atom stereocenters. The maximum atomic E-state index is 12.9. The van der Waals surface area contributed by atoms with Crippen LogP contribution in [0, 0.1) is 0 Å². The van der Waals surface area contributed by atoms with Crippen molar-refractivity contribution in [3.8, 4) is 17.2 Å². The molecule has 0 aliphatic carbocycles. The van der Waals surface area contributed by atoms with Gasteiger partial charge in [0, 0.05) is 12.0 Å². The summed E-state index contributed by atoms with van der Waals surface area (Å²) in [4.78, 5) is 12.9. The van der Waals surface area contributed by atoms with E-state index in [0.29, 0.717) is 47.8 Å². The van der Waals surface area contributed by atoms with Gasteiger partial charge < -0.3 is 14.2 Å². The molecular weight excluding hydrogens is 426 g/mol. The molecule has 0 radical (unpaired) electrons. The van der Waals surface area contributed by atoms with Gasteiger partial charge in [0.15, 0.2) is 11.5 Å². The molecule has 0 bridgehead atoms. The van der Waals surface area contributed by atoms with Gasteiger partial charge >= 0.3 is 0 Å². The molecule has 7 nitrogen and oxygen atoms in total. The molecule has 32 heavy (non-hydrogen) atoms. The predicted octanol–water partition coefficient (Wildman–Crippen LogP) is 5.16. The van der Waals surface area contributed by atoms with E-state index in [0.717, 1.165) is 24.3 Å². The zero-order valence-electron chi connectivity index (χ0n) is 18.7. The van der Waals surface area contributed by atoms with Crippen LogP contribution in [0.15, 0.2) is 42.5 Å². The van der Waals surface area contributed by atoms with Crippen LogP contribution in [0.4, 0.5) is 5.13 Å². The Morgan fingerprint density at radius 1 is 0.906 bits per heavy atom. The number of carbonyl (C=O) groups is 1. The lowest BCUT2D eigenvalue weighted by molar-refractivity contribution is 0.102. The van der Waals surface area contributed by atoms with E-state index < -0.39 is 0 Å². The van der Waals surface area contributed by atoms with Crippen LogP contribution < -0.4 is 19.5 Å². The van der Waals surface area contributed by atoms with Gasteiger partial charge in [-0.3, -0.25) is 10.1 Å². The summed E-state index contributed by atoms with van der Waals surface area (Å²) < 4.78 is 17.1. The molecule has 0 aliphatic heterocycles. The van der Waals surface area contributed by atoms with E-state index in [4.69, 9.17) is 14.2 Å². The first-order valence-electron chi connectivity index (χ1n) is 10.9. The lowest BCUT2D eigenvalue weighted by Gasteiger charge is -2.16. The van der Waals surface area contributed by atoms with Crippen molar-refractivity contribution in [3.05, 3.63) is 58.6 Å². The van der Waals surface area contributed by atoms with Crippen molar-refractivity contribution in [1.82, 2.24) is 10.2 Å². The highest BCUT2D eigenvalue weighted by Gasteiger charge is 2.19. The summed E-state index contributed by atoms with van der Waals surface area (Å²) in [5.74, 6) is 1.15. The molecule has 0 saturated carbocycles. The van der Waals surface area contributed by atoms with E-state index in [1.54, 1.807) is 12.1 Å². The maximum Gasteiger partial charge on any atom is 0.257 e. The Morgan fingerprint density at radius 2 is 1.56 bits per heavy atom. The number of rotatable bonds is 12. The highest BCUT2D eigenvalue weighted by molar-refractivity contribution is 7.15. The molecule has 0 spiro atoms. The number of hydrogen-bond acceptors (Lipinski definition) is 7. The SMILES string of the molecule is CCOc1cc(C(=O)Nc2nnc(CCCc3ccccc3)s2)cc(OCC)c1OCC. The third kappa shape index (κ3) is 6.43. The Bertz CT molecular complexity index is 980. The normalized spacial score (nSPS) is 10.6. The summed E-state index contributed by atoms with van der Waals surface area (Å²) in [6.07, 6.45) is 2.77. The van der Waals surface area contributed by atoms with Crippen molar-refractivity contribution >= 4 is 22.4 Å². The zero-order chi connectivity index (χ0) is 22.8. The van der Waals surface area contributed by atoms with Crippen molar-refractivity contribution in [1.29, 1.82) is 0 Å². The van der Waals surface area contributed by atoms with Gasteiger partial charge in [0.05, 0.1) is 19.8 Å². The van der Waals surface area contributed by atoms with Gasteiger partial charge in [-0.25, -0.2) is 0 Å². The molecule has 2 aromatic carbocycles. The number of anilines is 1. The molecular formula is C24H29N3O4S. The number of ether oxygens (including phenoxy) is 3. The maximum absolute atomic E-state index is 12.9. The number of aromatic nitrogens is 2. The van der Waals surface area contributed by atoms with Crippen molar-refractivity contribution in [2.45, 2.75) is 40.0 Å². The number of carbonyl (C=O) groups excluding carboxylic acids is 1. The van der Waals surface area contributed by atoms with Gasteiger partial charge in [-0.1, -0.05) is 41.7 Å². The van der Waals surface area contributed by atoms with Crippen LogP contribution in [0.25, 0.3) is 0 Å². The van der Waals surface area contributed by atoms with Crippen molar-refractivity contribution < 1.29 is 19.0 Å². The molecule has 1 N–H and O–H groups in total. The fraction of sp³-hybridized carbons (Fsp3) is 0.375. The molecule has 0 saturated heterocycles. The number of hydrogen-bond donors (Lipinski definition) is 1. The van der Waals surface area contributed by atoms with Crippen LogP contribution >= 0.6 is 11.3 Å². The van der Waals surface area contributed by atoms with E-state index in [-0.39, 0.29) is 5.91 Å². The molecule has 3 rings (SSSR count). The number of aryl methyl sites for hydroxylation is 2. The molecule has 0 fully saturated rings. The smallest absolute Gasteiger partial charge is 0.257 e. The summed E-state index contributed by atoms with van der Waals surface area (Å²) in [5.41, 5.74) is 1.71. The second kappa shape index (κ2) is 12.0. The van der Waals surface area contributed by atoms with Crippen LogP contribution in [0.3, 0.4) is 0 Å². The highest BCUT2D eigenvalue weighted by atomic mass is 32.1. The average molecular weight is 456 g/mol. The average Bonchev–Trinajstić information content (AvgIpc) is 3.24. The molecule has 0 atom stereocenters. The second-order valence-electron chi connectivity index (χ2n) is 6.89. The third-order valence-electron chi connectivity index (χ3n) is 4.56. The van der Waals surface area contributed by atoms with Crippen molar-refractivity contribution in [3.63, 3.8) is 0 Å². The van der Waals surface area contributed by atoms with Gasteiger partial charge in [0.2, 0.25) is 10.9 Å². The first kappa shape index (κ1) is 23.5. The second-order valence-corrected chi connectivity index (χ2v) is 7.96. The van der Waals surface area contributed by atoms with E-state index in [2.05, 4.69) is 27.6 Å². The van der Waals surface area contributed by atoms with E-state index >= 15 is 0 Å². The summed E-state index contributed by atoms with van der Waals surface area (Å²) in [7, 11) is 0. The van der Waals surface area contributed by atoms with Crippen LogP contribution in [-0.2, 0) is 12.8 Å². The molecule has 1 amide bonds. The topological polar surface area (TPSA) is 82.6 Å². The first-order chi connectivity index (χ1) is 15.6. The molecule has 3 aromatic rings. The Morgan fingerprint density at radius 3 is 2.19 bits per heavy atom. The molecule has 1 aromatic heterocycles. The molecule has 8 heteroatoms. The lowest BCUT2D eigenvalue weighted by Crippen LogP contribution is -2.13. The lowest BCUT2D eigenvalue weighted by atomic mass is 10.1. The van der Waals surface area contributed by atoms with Gasteiger partial charge in [-0.2, -0.15) is 0 Å². The Kier molecular flexibility index (Phi) is 8.86.